The van der Waals surface area contributed by atoms with Crippen LogP contribution in [0.1, 0.15) is 11.1 Å². The zero-order valence-electron chi connectivity index (χ0n) is 9.15. The molecule has 4 nitrogen and oxygen atoms in total. The molecular formula is C12H15N3O. The van der Waals surface area contributed by atoms with Crippen molar-refractivity contribution in [3.8, 4) is 6.07 Å². The van der Waals surface area contributed by atoms with E-state index in [9.17, 15) is 0 Å². The highest BCUT2D eigenvalue weighted by molar-refractivity contribution is 5.54. The lowest BCUT2D eigenvalue weighted by Gasteiger charge is -2.27. The Labute approximate surface area is 95.2 Å². The van der Waals surface area contributed by atoms with Crippen LogP contribution < -0.4 is 5.73 Å². The predicted octanol–water partition coefficient (Wildman–Crippen LogP) is 0.973. The largest absolute Gasteiger partial charge is 0.398 e. The van der Waals surface area contributed by atoms with E-state index >= 15 is 0 Å². The smallest absolute Gasteiger partial charge is 0.0995 e. The number of nitrogen functional groups attached to an aromatic ring is 1. The van der Waals surface area contributed by atoms with Crippen molar-refractivity contribution in [1.82, 2.24) is 4.90 Å². The average molecular weight is 217 g/mol. The van der Waals surface area contributed by atoms with Gasteiger partial charge in [-0.1, -0.05) is 6.07 Å². The van der Waals surface area contributed by atoms with Gasteiger partial charge in [0.15, 0.2) is 0 Å². The second-order valence-electron chi connectivity index (χ2n) is 3.87. The third-order valence-electron chi connectivity index (χ3n) is 2.82. The maximum atomic E-state index is 9.02. The summed E-state index contributed by atoms with van der Waals surface area (Å²) in [6.45, 7) is 4.06. The topological polar surface area (TPSA) is 62.3 Å². The number of hydrogen-bond acceptors (Lipinski definition) is 4. The van der Waals surface area contributed by atoms with Crippen LogP contribution in [0, 0.1) is 11.3 Å². The van der Waals surface area contributed by atoms with Crippen LogP contribution in [0.2, 0.25) is 0 Å². The van der Waals surface area contributed by atoms with E-state index in [2.05, 4.69) is 11.0 Å². The first-order valence-corrected chi connectivity index (χ1v) is 5.39. The van der Waals surface area contributed by atoms with Crippen molar-refractivity contribution in [2.45, 2.75) is 6.54 Å². The summed E-state index contributed by atoms with van der Waals surface area (Å²) in [5.41, 5.74) is 8.21. The first-order valence-electron chi connectivity index (χ1n) is 5.39. The summed E-state index contributed by atoms with van der Waals surface area (Å²) in [5.74, 6) is 0. The minimum absolute atomic E-state index is 0.673. The van der Waals surface area contributed by atoms with Gasteiger partial charge in [0.2, 0.25) is 0 Å². The van der Waals surface area contributed by atoms with E-state index in [4.69, 9.17) is 15.7 Å². The third-order valence-corrected chi connectivity index (χ3v) is 2.82. The molecule has 0 unspecified atom stereocenters. The number of morpholine rings is 1. The van der Waals surface area contributed by atoms with Crippen LogP contribution in [0.3, 0.4) is 0 Å². The minimum atomic E-state index is 0.673. The molecule has 0 spiro atoms. The first-order chi connectivity index (χ1) is 7.81. The molecule has 0 aromatic heterocycles. The number of ether oxygens (including phenoxy) is 1. The van der Waals surface area contributed by atoms with Gasteiger partial charge in [-0.15, -0.1) is 0 Å². The SMILES string of the molecule is N#Cc1cccc(N)c1CN1CCOCC1. The Kier molecular flexibility index (Phi) is 3.40. The van der Waals surface area contributed by atoms with Crippen molar-refractivity contribution in [3.05, 3.63) is 29.3 Å². The van der Waals surface area contributed by atoms with Gasteiger partial charge in [-0.3, -0.25) is 4.90 Å². The van der Waals surface area contributed by atoms with Crippen LogP contribution in [-0.2, 0) is 11.3 Å². The average Bonchev–Trinajstić information content (AvgIpc) is 2.33. The van der Waals surface area contributed by atoms with E-state index in [1.165, 1.54) is 0 Å². The molecule has 0 atom stereocenters. The number of nitrogens with zero attached hydrogens (tertiary/aromatic N) is 2. The van der Waals surface area contributed by atoms with Crippen molar-refractivity contribution in [1.29, 1.82) is 5.26 Å². The highest BCUT2D eigenvalue weighted by atomic mass is 16.5. The standard InChI is InChI=1S/C12H15N3O/c13-8-10-2-1-3-12(14)11(10)9-15-4-6-16-7-5-15/h1-3H,4-7,9,14H2. The van der Waals surface area contributed by atoms with Gasteiger partial charge in [0.1, 0.15) is 0 Å². The van der Waals surface area contributed by atoms with Crippen molar-refractivity contribution < 1.29 is 4.74 Å². The van der Waals surface area contributed by atoms with Crippen LogP contribution in [0.4, 0.5) is 5.69 Å². The number of anilines is 1. The molecule has 16 heavy (non-hydrogen) atoms. The Hall–Kier alpha value is -1.57. The van der Waals surface area contributed by atoms with Gasteiger partial charge in [0.25, 0.3) is 0 Å². The van der Waals surface area contributed by atoms with Crippen molar-refractivity contribution in [2.75, 3.05) is 32.0 Å². The summed E-state index contributed by atoms with van der Waals surface area (Å²) in [7, 11) is 0. The Morgan fingerprint density at radius 2 is 2.12 bits per heavy atom. The van der Waals surface area contributed by atoms with Crippen LogP contribution in [0.15, 0.2) is 18.2 Å². The fourth-order valence-electron chi connectivity index (χ4n) is 1.87. The zero-order valence-corrected chi connectivity index (χ0v) is 9.15. The molecule has 1 aliphatic rings. The highest BCUT2D eigenvalue weighted by Crippen LogP contribution is 2.19. The van der Waals surface area contributed by atoms with Gasteiger partial charge in [-0.25, -0.2) is 0 Å². The fourth-order valence-corrected chi connectivity index (χ4v) is 1.87. The van der Waals surface area contributed by atoms with E-state index in [0.29, 0.717) is 11.3 Å². The molecule has 1 aromatic rings. The lowest BCUT2D eigenvalue weighted by atomic mass is 10.1. The Bertz CT molecular complexity index is 405. The molecular weight excluding hydrogens is 202 g/mol. The molecule has 1 saturated heterocycles. The number of benzene rings is 1. The first kappa shape index (κ1) is 10.9. The molecule has 1 aliphatic heterocycles. The molecule has 1 fully saturated rings. The molecule has 0 bridgehead atoms. The van der Waals surface area contributed by atoms with Gasteiger partial charge in [0.05, 0.1) is 24.8 Å². The molecule has 1 aromatic carbocycles. The molecule has 1 heterocycles. The molecule has 2 N–H and O–H groups in total. The van der Waals surface area contributed by atoms with E-state index in [1.54, 1.807) is 0 Å². The number of nitriles is 1. The highest BCUT2D eigenvalue weighted by Gasteiger charge is 2.14. The van der Waals surface area contributed by atoms with Crippen LogP contribution >= 0.6 is 0 Å². The molecule has 2 rings (SSSR count). The Balaban J connectivity index is 2.16. The van der Waals surface area contributed by atoms with Gasteiger partial charge in [-0.05, 0) is 12.1 Å². The van der Waals surface area contributed by atoms with Crippen molar-refractivity contribution in [2.24, 2.45) is 0 Å². The van der Waals surface area contributed by atoms with Gasteiger partial charge < -0.3 is 10.5 Å². The van der Waals surface area contributed by atoms with E-state index < -0.39 is 0 Å². The van der Waals surface area contributed by atoms with Crippen molar-refractivity contribution >= 4 is 5.69 Å². The lowest BCUT2D eigenvalue weighted by molar-refractivity contribution is 0.0342. The summed E-state index contributed by atoms with van der Waals surface area (Å²) in [4.78, 5) is 2.26. The monoisotopic (exact) mass is 217 g/mol. The van der Waals surface area contributed by atoms with Gasteiger partial charge in [0, 0.05) is 30.9 Å². The Morgan fingerprint density at radius 3 is 2.81 bits per heavy atom. The number of hydrogen-bond donors (Lipinski definition) is 1. The van der Waals surface area contributed by atoms with E-state index in [0.717, 1.165) is 38.4 Å². The minimum Gasteiger partial charge on any atom is -0.398 e. The Morgan fingerprint density at radius 1 is 1.38 bits per heavy atom. The van der Waals surface area contributed by atoms with Crippen LogP contribution in [0.5, 0.6) is 0 Å². The summed E-state index contributed by atoms with van der Waals surface area (Å²) >= 11 is 0. The van der Waals surface area contributed by atoms with E-state index in [-0.39, 0.29) is 0 Å². The molecule has 0 aliphatic carbocycles. The summed E-state index contributed by atoms with van der Waals surface area (Å²) < 4.78 is 5.29. The normalized spacial score (nSPS) is 16.9. The molecule has 84 valence electrons. The van der Waals surface area contributed by atoms with Crippen LogP contribution in [-0.4, -0.2) is 31.2 Å². The lowest BCUT2D eigenvalue weighted by Crippen LogP contribution is -2.36. The quantitative estimate of drug-likeness (QED) is 0.750. The predicted molar refractivity (Wildman–Crippen MR) is 61.7 cm³/mol. The summed E-state index contributed by atoms with van der Waals surface area (Å²) in [6, 6.07) is 7.66. The molecule has 0 amide bonds. The zero-order chi connectivity index (χ0) is 11.4. The molecule has 4 heteroatoms. The number of nitrogens with two attached hydrogens (primary N) is 1. The maximum absolute atomic E-state index is 9.02. The maximum Gasteiger partial charge on any atom is 0.0995 e. The fraction of sp³-hybridized carbons (Fsp3) is 0.417. The number of rotatable bonds is 2. The van der Waals surface area contributed by atoms with Crippen LogP contribution in [0.25, 0.3) is 0 Å². The molecule has 0 radical (unpaired) electrons. The molecule has 0 saturated carbocycles. The second-order valence-corrected chi connectivity index (χ2v) is 3.87. The van der Waals surface area contributed by atoms with Crippen molar-refractivity contribution in [3.63, 3.8) is 0 Å². The van der Waals surface area contributed by atoms with Gasteiger partial charge >= 0.3 is 0 Å². The van der Waals surface area contributed by atoms with Gasteiger partial charge in [-0.2, -0.15) is 5.26 Å². The third kappa shape index (κ3) is 2.32. The van der Waals surface area contributed by atoms with E-state index in [1.807, 2.05) is 18.2 Å². The summed E-state index contributed by atoms with van der Waals surface area (Å²) in [6.07, 6.45) is 0. The second kappa shape index (κ2) is 4.97. The summed E-state index contributed by atoms with van der Waals surface area (Å²) in [5, 5.41) is 9.02.